The van der Waals surface area contributed by atoms with Crippen molar-refractivity contribution in [2.45, 2.75) is 56.6 Å². The van der Waals surface area contributed by atoms with Crippen LogP contribution < -0.4 is 10.6 Å². The highest BCUT2D eigenvalue weighted by Crippen LogP contribution is 2.38. The molecule has 0 radical (unpaired) electrons. The lowest BCUT2D eigenvalue weighted by atomic mass is 9.90. The number of Topliss-reactive ketones (excluding diaryl/α,β-unsaturated/α-hetero) is 1. The molecule has 2 N–H and O–H groups in total. The van der Waals surface area contributed by atoms with Gasteiger partial charge in [-0.15, -0.1) is 0 Å². The van der Waals surface area contributed by atoms with E-state index in [1.165, 1.54) is 0 Å². The third-order valence-electron chi connectivity index (χ3n) is 6.82. The van der Waals surface area contributed by atoms with Crippen LogP contribution in [0.1, 0.15) is 66.4 Å². The summed E-state index contributed by atoms with van der Waals surface area (Å²) in [6.45, 7) is 4.21. The zero-order valence-electron chi connectivity index (χ0n) is 19.2. The highest BCUT2D eigenvalue weighted by Gasteiger charge is 2.55. The Morgan fingerprint density at radius 3 is 2.47 bits per heavy atom. The molecular weight excluding hydrogens is 475 g/mol. The van der Waals surface area contributed by atoms with Crippen molar-refractivity contribution >= 4 is 40.8 Å². The van der Waals surface area contributed by atoms with Gasteiger partial charge in [-0.3, -0.25) is 14.4 Å². The van der Waals surface area contributed by atoms with E-state index in [1.54, 1.807) is 30.3 Å². The highest BCUT2D eigenvalue weighted by atomic mass is 35.5. The fourth-order valence-electron chi connectivity index (χ4n) is 4.75. The number of amides is 2. The topological polar surface area (TPSA) is 84.5 Å². The number of fused-ring (bicyclic) bond motifs is 1. The molecule has 180 valence electrons. The number of carbonyl (C=O) groups excluding carboxylic acids is 3. The lowest BCUT2D eigenvalue weighted by Gasteiger charge is -2.30. The maximum atomic E-state index is 13.5. The van der Waals surface area contributed by atoms with Crippen LogP contribution >= 0.6 is 23.2 Å². The fraction of sp³-hybridized carbons (Fsp3) is 0.423. The van der Waals surface area contributed by atoms with E-state index in [0.29, 0.717) is 33.5 Å². The number of hydrogen-bond donors (Lipinski definition) is 2. The summed E-state index contributed by atoms with van der Waals surface area (Å²) >= 11 is 12.3. The molecule has 1 heterocycles. The second kappa shape index (κ2) is 10.1. The van der Waals surface area contributed by atoms with Crippen LogP contribution in [0.5, 0.6) is 0 Å². The molecule has 1 saturated heterocycles. The van der Waals surface area contributed by atoms with E-state index in [-0.39, 0.29) is 36.9 Å². The van der Waals surface area contributed by atoms with Crippen LogP contribution in [0.15, 0.2) is 42.5 Å². The number of ether oxygens (including phenoxy) is 1. The third-order valence-corrected chi connectivity index (χ3v) is 7.55. The SMILES string of the molecule is CC(C)c1ccc(C(=O)NCC(C(=O)NC23CCCC2OCC3=O)c2ccc(Cl)c(Cl)c2)cc1. The second-order valence-corrected chi connectivity index (χ2v) is 10.1. The molecule has 2 aromatic rings. The predicted molar refractivity (Wildman–Crippen MR) is 132 cm³/mol. The molecular formula is C26H28Cl2N2O4. The summed E-state index contributed by atoms with van der Waals surface area (Å²) in [7, 11) is 0. The van der Waals surface area contributed by atoms with Gasteiger partial charge in [0.2, 0.25) is 5.91 Å². The van der Waals surface area contributed by atoms with Gasteiger partial charge in [-0.25, -0.2) is 0 Å². The Morgan fingerprint density at radius 2 is 1.79 bits per heavy atom. The summed E-state index contributed by atoms with van der Waals surface area (Å²) in [5.74, 6) is -1.16. The molecule has 2 aromatic carbocycles. The summed E-state index contributed by atoms with van der Waals surface area (Å²) in [6.07, 6.45) is 1.77. The van der Waals surface area contributed by atoms with Gasteiger partial charge in [0.1, 0.15) is 12.1 Å². The van der Waals surface area contributed by atoms with E-state index in [2.05, 4.69) is 24.5 Å². The van der Waals surface area contributed by atoms with Gasteiger partial charge >= 0.3 is 0 Å². The first-order valence-electron chi connectivity index (χ1n) is 11.5. The molecule has 3 unspecified atom stereocenters. The van der Waals surface area contributed by atoms with Crippen LogP contribution in [0.2, 0.25) is 10.0 Å². The van der Waals surface area contributed by atoms with Crippen molar-refractivity contribution in [2.24, 2.45) is 0 Å². The van der Waals surface area contributed by atoms with E-state index in [1.807, 2.05) is 12.1 Å². The van der Waals surface area contributed by atoms with Crippen LogP contribution in [-0.4, -0.2) is 42.4 Å². The Labute approximate surface area is 209 Å². The Bertz CT molecular complexity index is 1100. The molecule has 34 heavy (non-hydrogen) atoms. The molecule has 1 saturated carbocycles. The average molecular weight is 503 g/mol. The van der Waals surface area contributed by atoms with Crippen LogP contribution in [0.3, 0.4) is 0 Å². The maximum Gasteiger partial charge on any atom is 0.251 e. The van der Waals surface area contributed by atoms with Gasteiger partial charge in [-0.05, 0) is 60.6 Å². The number of nitrogens with one attached hydrogen (secondary N) is 2. The number of ketones is 1. The van der Waals surface area contributed by atoms with E-state index < -0.39 is 11.5 Å². The average Bonchev–Trinajstić information content (AvgIpc) is 3.35. The zero-order chi connectivity index (χ0) is 24.5. The molecule has 2 aliphatic rings. The first kappa shape index (κ1) is 24.7. The molecule has 0 spiro atoms. The molecule has 4 rings (SSSR count). The maximum absolute atomic E-state index is 13.5. The molecule has 8 heteroatoms. The fourth-order valence-corrected chi connectivity index (χ4v) is 5.06. The standard InChI is InChI=1S/C26H28Cl2N2O4/c1-15(2)16-5-7-17(8-6-16)24(32)29-13-19(18-9-10-20(27)21(28)12-18)25(33)30-26-11-3-4-23(26)34-14-22(26)31/h5-10,12,15,19,23H,3-4,11,13-14H2,1-2H3,(H,29,32)(H,30,33). The molecule has 2 amide bonds. The second-order valence-electron chi connectivity index (χ2n) is 9.29. The van der Waals surface area contributed by atoms with Crippen LogP contribution in [0, 0.1) is 0 Å². The molecule has 1 aliphatic heterocycles. The van der Waals surface area contributed by atoms with Gasteiger partial charge in [0.05, 0.1) is 22.1 Å². The van der Waals surface area contributed by atoms with Crippen molar-refractivity contribution in [3.63, 3.8) is 0 Å². The van der Waals surface area contributed by atoms with E-state index in [0.717, 1.165) is 18.4 Å². The van der Waals surface area contributed by atoms with Crippen molar-refractivity contribution in [2.75, 3.05) is 13.2 Å². The minimum absolute atomic E-state index is 0.00545. The smallest absolute Gasteiger partial charge is 0.251 e. The monoisotopic (exact) mass is 502 g/mol. The Balaban J connectivity index is 1.54. The molecule has 1 aliphatic carbocycles. The van der Waals surface area contributed by atoms with Gasteiger partial charge in [-0.2, -0.15) is 0 Å². The quantitative estimate of drug-likeness (QED) is 0.577. The number of benzene rings is 2. The normalized spacial score (nSPS) is 22.5. The van der Waals surface area contributed by atoms with Crippen molar-refractivity contribution < 1.29 is 19.1 Å². The predicted octanol–water partition coefficient (Wildman–Crippen LogP) is 4.64. The first-order chi connectivity index (χ1) is 16.2. The Kier molecular flexibility index (Phi) is 7.31. The van der Waals surface area contributed by atoms with Crippen molar-refractivity contribution in [1.29, 1.82) is 0 Å². The molecule has 2 fully saturated rings. The largest absolute Gasteiger partial charge is 0.367 e. The number of hydrogen-bond acceptors (Lipinski definition) is 4. The Hall–Kier alpha value is -2.41. The molecule has 0 bridgehead atoms. The van der Waals surface area contributed by atoms with Gasteiger partial charge in [0, 0.05) is 12.1 Å². The lowest BCUT2D eigenvalue weighted by Crippen LogP contribution is -2.57. The summed E-state index contributed by atoms with van der Waals surface area (Å²) in [4.78, 5) is 39.0. The van der Waals surface area contributed by atoms with E-state index in [9.17, 15) is 14.4 Å². The summed E-state index contributed by atoms with van der Waals surface area (Å²) in [6, 6.07) is 12.3. The van der Waals surface area contributed by atoms with Gasteiger partial charge in [0.15, 0.2) is 5.78 Å². The van der Waals surface area contributed by atoms with Crippen molar-refractivity contribution in [1.82, 2.24) is 10.6 Å². The number of halogens is 2. The van der Waals surface area contributed by atoms with E-state index in [4.69, 9.17) is 27.9 Å². The Morgan fingerprint density at radius 1 is 1.09 bits per heavy atom. The number of rotatable bonds is 7. The van der Waals surface area contributed by atoms with Crippen LogP contribution in [0.4, 0.5) is 0 Å². The van der Waals surface area contributed by atoms with E-state index >= 15 is 0 Å². The minimum atomic E-state index is -0.998. The zero-order valence-corrected chi connectivity index (χ0v) is 20.7. The van der Waals surface area contributed by atoms with Gasteiger partial charge in [0.25, 0.3) is 5.91 Å². The highest BCUT2D eigenvalue weighted by molar-refractivity contribution is 6.42. The molecule has 6 nitrogen and oxygen atoms in total. The third kappa shape index (κ3) is 4.85. The van der Waals surface area contributed by atoms with Crippen molar-refractivity contribution in [3.05, 3.63) is 69.2 Å². The van der Waals surface area contributed by atoms with Gasteiger partial charge in [-0.1, -0.05) is 55.2 Å². The van der Waals surface area contributed by atoms with Crippen LogP contribution in [-0.2, 0) is 14.3 Å². The first-order valence-corrected chi connectivity index (χ1v) is 12.3. The molecule has 0 aromatic heterocycles. The van der Waals surface area contributed by atoms with Crippen LogP contribution in [0.25, 0.3) is 0 Å². The lowest BCUT2D eigenvalue weighted by molar-refractivity contribution is -0.130. The number of carbonyl (C=O) groups is 3. The van der Waals surface area contributed by atoms with Gasteiger partial charge < -0.3 is 15.4 Å². The van der Waals surface area contributed by atoms with Crippen molar-refractivity contribution in [3.8, 4) is 0 Å². The summed E-state index contributed by atoms with van der Waals surface area (Å²) in [5.41, 5.74) is 1.24. The summed E-state index contributed by atoms with van der Waals surface area (Å²) in [5, 5.41) is 6.52. The minimum Gasteiger partial charge on any atom is -0.367 e. The molecule has 3 atom stereocenters. The summed E-state index contributed by atoms with van der Waals surface area (Å²) < 4.78 is 5.62.